The third kappa shape index (κ3) is 3.26. The average Bonchev–Trinajstić information content (AvgIpc) is 3.32. The molecule has 32 heavy (non-hydrogen) atoms. The molecule has 4 aliphatic carbocycles. The predicted molar refractivity (Wildman–Crippen MR) is 122 cm³/mol. The SMILES string of the molecule is CC[C@H]1[C@@H](O)C2C3CC[C@H]([C@H](C)Cc4nc(=O)o[nH]4)[C@@]3(C)CCC2[C@@]2(C)CC[C@@H](O)C[C@@H]12. The number of rotatable bonds is 4. The molecule has 6 nitrogen and oxygen atoms in total. The van der Waals surface area contributed by atoms with Crippen molar-refractivity contribution in [1.29, 1.82) is 0 Å². The largest absolute Gasteiger partial charge is 0.459 e. The van der Waals surface area contributed by atoms with Gasteiger partial charge in [-0.15, -0.1) is 0 Å². The van der Waals surface area contributed by atoms with Gasteiger partial charge in [0.25, 0.3) is 0 Å². The van der Waals surface area contributed by atoms with Gasteiger partial charge in [0.1, 0.15) is 5.82 Å². The average molecular weight is 447 g/mol. The minimum absolute atomic E-state index is 0.195. The van der Waals surface area contributed by atoms with E-state index in [1.54, 1.807) is 0 Å². The van der Waals surface area contributed by atoms with Crippen molar-refractivity contribution in [3.05, 3.63) is 16.4 Å². The molecule has 6 heteroatoms. The number of aliphatic hydroxyl groups excluding tert-OH is 2. The maximum atomic E-state index is 11.8. The molecule has 0 aromatic carbocycles. The molecule has 0 aliphatic heterocycles. The van der Waals surface area contributed by atoms with Gasteiger partial charge < -0.3 is 14.7 Å². The van der Waals surface area contributed by atoms with Gasteiger partial charge in [0.05, 0.1) is 12.2 Å². The summed E-state index contributed by atoms with van der Waals surface area (Å²) in [6.07, 6.45) is 8.98. The number of aromatic amines is 1. The quantitative estimate of drug-likeness (QED) is 0.645. The fraction of sp³-hybridized carbons (Fsp3) is 0.923. The number of fused-ring (bicyclic) bond motifs is 5. The van der Waals surface area contributed by atoms with Crippen LogP contribution in [0.3, 0.4) is 0 Å². The second-order valence-corrected chi connectivity index (χ2v) is 12.3. The zero-order chi connectivity index (χ0) is 22.8. The molecule has 1 heterocycles. The van der Waals surface area contributed by atoms with Crippen molar-refractivity contribution in [1.82, 2.24) is 10.1 Å². The molecule has 4 saturated carbocycles. The van der Waals surface area contributed by atoms with Gasteiger partial charge in [-0.25, -0.2) is 9.95 Å². The normalized spacial score (nSPS) is 49.2. The number of hydrogen-bond acceptors (Lipinski definition) is 5. The van der Waals surface area contributed by atoms with Gasteiger partial charge in [-0.1, -0.05) is 34.1 Å². The predicted octanol–water partition coefficient (Wildman–Crippen LogP) is 4.17. The highest BCUT2D eigenvalue weighted by atomic mass is 16.5. The Morgan fingerprint density at radius 2 is 1.81 bits per heavy atom. The van der Waals surface area contributed by atoms with Crippen molar-refractivity contribution in [2.75, 3.05) is 0 Å². The summed E-state index contributed by atoms with van der Waals surface area (Å²) in [5, 5.41) is 24.9. The molecule has 0 saturated heterocycles. The maximum Gasteiger partial charge on any atom is 0.459 e. The highest BCUT2D eigenvalue weighted by Crippen LogP contribution is 2.69. The van der Waals surface area contributed by atoms with Crippen LogP contribution in [0.4, 0.5) is 0 Å². The van der Waals surface area contributed by atoms with Gasteiger partial charge >= 0.3 is 5.76 Å². The Hall–Kier alpha value is -1.14. The number of aromatic nitrogens is 2. The topological polar surface area (TPSA) is 99.4 Å². The second-order valence-electron chi connectivity index (χ2n) is 12.3. The lowest BCUT2D eigenvalue weighted by Gasteiger charge is -2.64. The summed E-state index contributed by atoms with van der Waals surface area (Å²) in [6, 6.07) is 0. The van der Waals surface area contributed by atoms with Gasteiger partial charge in [0, 0.05) is 6.42 Å². The summed E-state index contributed by atoms with van der Waals surface area (Å²) in [5.41, 5.74) is 0.469. The van der Waals surface area contributed by atoms with Crippen molar-refractivity contribution < 1.29 is 14.7 Å². The summed E-state index contributed by atoms with van der Waals surface area (Å²) >= 11 is 0. The van der Waals surface area contributed by atoms with E-state index < -0.39 is 5.76 Å². The van der Waals surface area contributed by atoms with Crippen molar-refractivity contribution >= 4 is 0 Å². The van der Waals surface area contributed by atoms with Crippen molar-refractivity contribution in [3.8, 4) is 0 Å². The van der Waals surface area contributed by atoms with E-state index >= 15 is 0 Å². The van der Waals surface area contributed by atoms with E-state index in [4.69, 9.17) is 4.52 Å². The number of hydrogen-bond donors (Lipinski definition) is 3. The van der Waals surface area contributed by atoms with Gasteiger partial charge in [0.15, 0.2) is 0 Å². The zero-order valence-corrected chi connectivity index (χ0v) is 20.2. The summed E-state index contributed by atoms with van der Waals surface area (Å²) in [7, 11) is 0. The molecule has 4 aliphatic rings. The van der Waals surface area contributed by atoms with Crippen LogP contribution in [0.15, 0.2) is 9.32 Å². The lowest BCUT2D eigenvalue weighted by Crippen LogP contribution is -2.62. The molecular weight excluding hydrogens is 404 g/mol. The maximum absolute atomic E-state index is 11.8. The first-order chi connectivity index (χ1) is 15.2. The molecule has 0 bridgehead atoms. The molecule has 1 aromatic heterocycles. The minimum atomic E-state index is -0.542. The first-order valence-electron chi connectivity index (χ1n) is 13.1. The minimum Gasteiger partial charge on any atom is -0.393 e. The van der Waals surface area contributed by atoms with Gasteiger partial charge in [-0.3, -0.25) is 0 Å². The summed E-state index contributed by atoms with van der Waals surface area (Å²) in [6.45, 7) is 9.51. The van der Waals surface area contributed by atoms with E-state index in [1.807, 2.05) is 0 Å². The summed E-state index contributed by atoms with van der Waals surface area (Å²) in [4.78, 5) is 15.3. The first-order valence-corrected chi connectivity index (χ1v) is 13.1. The second kappa shape index (κ2) is 7.97. The molecule has 3 N–H and O–H groups in total. The van der Waals surface area contributed by atoms with E-state index in [1.165, 1.54) is 25.7 Å². The molecule has 3 unspecified atom stereocenters. The van der Waals surface area contributed by atoms with E-state index in [9.17, 15) is 15.0 Å². The van der Waals surface area contributed by atoms with Crippen LogP contribution >= 0.6 is 0 Å². The number of H-pyrrole nitrogens is 1. The molecule has 0 amide bonds. The van der Waals surface area contributed by atoms with Crippen LogP contribution in [0.25, 0.3) is 0 Å². The van der Waals surface area contributed by atoms with Crippen LogP contribution in [0.1, 0.15) is 84.9 Å². The first kappa shape index (κ1) is 22.6. The lowest BCUT2D eigenvalue weighted by atomic mass is 9.41. The van der Waals surface area contributed by atoms with Gasteiger partial charge in [-0.05, 0) is 97.2 Å². The Kier molecular flexibility index (Phi) is 5.64. The Morgan fingerprint density at radius 1 is 1.09 bits per heavy atom. The molecule has 4 fully saturated rings. The highest BCUT2D eigenvalue weighted by molar-refractivity contribution is 5.13. The van der Waals surface area contributed by atoms with Crippen molar-refractivity contribution in [2.45, 2.75) is 97.7 Å². The number of nitrogens with zero attached hydrogens (tertiary/aromatic N) is 1. The molecule has 11 atom stereocenters. The lowest BCUT2D eigenvalue weighted by molar-refractivity contribution is -0.203. The van der Waals surface area contributed by atoms with Crippen LogP contribution in [0, 0.1) is 52.3 Å². The third-order valence-corrected chi connectivity index (χ3v) is 11.1. The van der Waals surface area contributed by atoms with E-state index in [0.29, 0.717) is 47.2 Å². The van der Waals surface area contributed by atoms with Crippen LogP contribution in [0.2, 0.25) is 0 Å². The third-order valence-electron chi connectivity index (χ3n) is 11.1. The molecule has 180 valence electrons. The molecular formula is C26H42N2O4. The Labute approximate surface area is 191 Å². The Bertz CT molecular complexity index is 881. The standard InChI is InChI=1S/C26H42N2O4/c1-5-16-20-13-15(29)8-10-26(20,4)19-9-11-25(3)17(6-7-18(25)22(19)23(16)30)14(2)12-21-27-24(31)32-28-21/h14-20,22-23,29-30H,5-13H2,1-4H3,(H,27,28,31)/t14-,15-,16-,17-,18?,19?,20+,22?,23-,25-,26-/m1/s1. The van der Waals surface area contributed by atoms with Crippen LogP contribution in [-0.4, -0.2) is 32.6 Å². The number of aliphatic hydroxyl groups is 2. The molecule has 0 spiro atoms. The van der Waals surface area contributed by atoms with E-state index in [2.05, 4.69) is 37.8 Å². The fourth-order valence-corrected chi connectivity index (χ4v) is 9.73. The van der Waals surface area contributed by atoms with Gasteiger partial charge in [-0.2, -0.15) is 4.98 Å². The summed E-state index contributed by atoms with van der Waals surface area (Å²) in [5.74, 6) is 3.34. The van der Waals surface area contributed by atoms with Crippen LogP contribution in [0.5, 0.6) is 0 Å². The number of nitrogens with one attached hydrogen (secondary N) is 1. The van der Waals surface area contributed by atoms with Crippen LogP contribution in [-0.2, 0) is 6.42 Å². The molecule has 0 radical (unpaired) electrons. The van der Waals surface area contributed by atoms with Crippen molar-refractivity contribution in [2.24, 2.45) is 52.3 Å². The van der Waals surface area contributed by atoms with Gasteiger partial charge in [0.2, 0.25) is 0 Å². The van der Waals surface area contributed by atoms with Crippen LogP contribution < -0.4 is 5.76 Å². The summed E-state index contributed by atoms with van der Waals surface area (Å²) < 4.78 is 4.80. The molecule has 5 rings (SSSR count). The van der Waals surface area contributed by atoms with Crippen molar-refractivity contribution in [3.63, 3.8) is 0 Å². The van der Waals surface area contributed by atoms with E-state index in [-0.39, 0.29) is 23.0 Å². The Balaban J connectivity index is 1.42. The zero-order valence-electron chi connectivity index (χ0n) is 20.2. The Morgan fingerprint density at radius 3 is 2.50 bits per heavy atom. The highest BCUT2D eigenvalue weighted by Gasteiger charge is 2.64. The smallest absolute Gasteiger partial charge is 0.393 e. The fourth-order valence-electron chi connectivity index (χ4n) is 9.73. The monoisotopic (exact) mass is 446 g/mol. The molecule has 1 aromatic rings. The van der Waals surface area contributed by atoms with E-state index in [0.717, 1.165) is 32.1 Å².